The first kappa shape index (κ1) is 14.5. The van der Waals surface area contributed by atoms with E-state index >= 15 is 0 Å². The highest BCUT2D eigenvalue weighted by molar-refractivity contribution is 7.90. The molecule has 116 valence electrons. The molecule has 1 saturated heterocycles. The van der Waals surface area contributed by atoms with E-state index in [1.165, 1.54) is 0 Å². The summed E-state index contributed by atoms with van der Waals surface area (Å²) in [5.74, 6) is -0.278. The first-order chi connectivity index (χ1) is 9.89. The molecule has 1 aromatic rings. The van der Waals surface area contributed by atoms with Crippen molar-refractivity contribution in [3.8, 4) is 0 Å². The van der Waals surface area contributed by atoms with Crippen LogP contribution in [-0.2, 0) is 10.0 Å². The molecule has 8 heteroatoms. The monoisotopic (exact) mass is 313 g/mol. The van der Waals surface area contributed by atoms with Gasteiger partial charge in [0.2, 0.25) is 10.0 Å². The number of carboxylic acid groups (broad SMARTS) is 1. The van der Waals surface area contributed by atoms with Gasteiger partial charge in [-0.25, -0.2) is 22.5 Å². The van der Waals surface area contributed by atoms with Crippen molar-refractivity contribution in [1.29, 1.82) is 0 Å². The smallest absolute Gasteiger partial charge is 0.356 e. The Morgan fingerprint density at radius 2 is 1.90 bits per heavy atom. The molecule has 1 aliphatic heterocycles. The van der Waals surface area contributed by atoms with Crippen LogP contribution in [0, 0.1) is 6.92 Å². The van der Waals surface area contributed by atoms with Crippen LogP contribution in [0.3, 0.4) is 0 Å². The molecular weight excluding hydrogens is 294 g/mol. The average Bonchev–Trinajstić information content (AvgIpc) is 3.22. The number of aromatic nitrogens is 2. The molecule has 1 aromatic heterocycles. The normalized spacial score (nSPS) is 21.6. The number of sulfonamides is 1. The quantitative estimate of drug-likeness (QED) is 0.866. The lowest BCUT2D eigenvalue weighted by atomic mass is 9.97. The minimum atomic E-state index is -3.10. The van der Waals surface area contributed by atoms with Crippen molar-refractivity contribution in [1.82, 2.24) is 14.3 Å². The Morgan fingerprint density at radius 1 is 1.29 bits per heavy atom. The third-order valence-corrected chi connectivity index (χ3v) is 6.65. The Labute approximate surface area is 123 Å². The maximum atomic E-state index is 12.2. The largest absolute Gasteiger partial charge is 0.476 e. The second-order valence-corrected chi connectivity index (χ2v) is 8.03. The van der Waals surface area contributed by atoms with Crippen LogP contribution in [0.25, 0.3) is 0 Å². The number of nitrogens with one attached hydrogen (secondary N) is 1. The second-order valence-electron chi connectivity index (χ2n) is 5.82. The van der Waals surface area contributed by atoms with Gasteiger partial charge in [0.15, 0.2) is 5.69 Å². The first-order valence-electron chi connectivity index (χ1n) is 7.18. The van der Waals surface area contributed by atoms with Gasteiger partial charge in [0.1, 0.15) is 5.82 Å². The van der Waals surface area contributed by atoms with Gasteiger partial charge in [0.05, 0.1) is 5.25 Å². The summed E-state index contributed by atoms with van der Waals surface area (Å²) in [6.07, 6.45) is 2.92. The molecule has 0 bridgehead atoms. The van der Waals surface area contributed by atoms with Gasteiger partial charge in [-0.3, -0.25) is 0 Å². The Balaban J connectivity index is 1.68. The van der Waals surface area contributed by atoms with E-state index in [4.69, 9.17) is 5.11 Å². The van der Waals surface area contributed by atoms with Crippen LogP contribution in [0.5, 0.6) is 0 Å². The Kier molecular flexibility index (Phi) is 3.53. The maximum absolute atomic E-state index is 12.2. The molecule has 3 rings (SSSR count). The molecule has 2 fully saturated rings. The molecule has 0 spiro atoms. The fourth-order valence-corrected chi connectivity index (χ4v) is 4.72. The first-order valence-corrected chi connectivity index (χ1v) is 8.68. The molecule has 21 heavy (non-hydrogen) atoms. The van der Waals surface area contributed by atoms with E-state index in [2.05, 4.69) is 9.97 Å². The second kappa shape index (κ2) is 5.10. The highest BCUT2D eigenvalue weighted by Crippen LogP contribution is 2.35. The van der Waals surface area contributed by atoms with E-state index < -0.39 is 16.0 Å². The Hall–Kier alpha value is -1.41. The van der Waals surface area contributed by atoms with Crippen molar-refractivity contribution >= 4 is 16.0 Å². The van der Waals surface area contributed by atoms with Crippen LogP contribution in [-0.4, -0.2) is 52.1 Å². The number of aromatic carboxylic acids is 1. The predicted octanol–water partition coefficient (Wildman–Crippen LogP) is 1.09. The number of aryl methyl sites for hydroxylation is 1. The molecule has 0 unspecified atom stereocenters. The van der Waals surface area contributed by atoms with E-state index in [0.29, 0.717) is 37.4 Å². The van der Waals surface area contributed by atoms with Gasteiger partial charge in [-0.05, 0) is 32.6 Å². The van der Waals surface area contributed by atoms with E-state index in [0.717, 1.165) is 12.8 Å². The lowest BCUT2D eigenvalue weighted by molar-refractivity contribution is 0.0690. The zero-order valence-corrected chi connectivity index (χ0v) is 12.7. The van der Waals surface area contributed by atoms with Gasteiger partial charge < -0.3 is 10.1 Å². The molecule has 1 saturated carbocycles. The molecule has 0 aromatic carbocycles. The minimum absolute atomic E-state index is 0.0537. The van der Waals surface area contributed by atoms with Crippen molar-refractivity contribution in [3.05, 3.63) is 17.2 Å². The number of imidazole rings is 1. The fraction of sp³-hybridized carbons (Fsp3) is 0.692. The predicted molar refractivity (Wildman–Crippen MR) is 75.8 cm³/mol. The summed E-state index contributed by atoms with van der Waals surface area (Å²) < 4.78 is 25.9. The molecular formula is C13H19N3O4S. The standard InChI is InChI=1S/C13H19N3O4S/c1-8-11(13(17)18)15-12(14-8)9-4-6-16(7-5-9)21(19,20)10-2-3-10/h9-10H,2-7H2,1H3,(H,14,15)(H,17,18). The van der Waals surface area contributed by atoms with Crippen molar-refractivity contribution in [2.24, 2.45) is 0 Å². The van der Waals surface area contributed by atoms with Gasteiger partial charge in [0, 0.05) is 24.7 Å². The highest BCUT2D eigenvalue weighted by Gasteiger charge is 2.41. The molecule has 2 aliphatic rings. The van der Waals surface area contributed by atoms with Crippen molar-refractivity contribution in [3.63, 3.8) is 0 Å². The Bertz CT molecular complexity index is 655. The number of hydrogen-bond acceptors (Lipinski definition) is 4. The van der Waals surface area contributed by atoms with E-state index in [1.54, 1.807) is 11.2 Å². The SMILES string of the molecule is Cc1[nH]c(C2CCN(S(=O)(=O)C3CC3)CC2)nc1C(=O)O. The summed E-state index contributed by atoms with van der Waals surface area (Å²) >= 11 is 0. The minimum Gasteiger partial charge on any atom is -0.476 e. The number of H-pyrrole nitrogens is 1. The molecule has 0 atom stereocenters. The number of rotatable bonds is 4. The maximum Gasteiger partial charge on any atom is 0.356 e. The van der Waals surface area contributed by atoms with Crippen LogP contribution < -0.4 is 0 Å². The molecule has 2 N–H and O–H groups in total. The van der Waals surface area contributed by atoms with Crippen molar-refractivity contribution in [2.45, 2.75) is 43.8 Å². The molecule has 0 amide bonds. The number of piperidine rings is 1. The fourth-order valence-electron chi connectivity index (χ4n) is 2.85. The number of nitrogens with zero attached hydrogens (tertiary/aromatic N) is 2. The van der Waals surface area contributed by atoms with Gasteiger partial charge in [0.25, 0.3) is 0 Å². The van der Waals surface area contributed by atoms with E-state index in [1.807, 2.05) is 0 Å². The van der Waals surface area contributed by atoms with Crippen LogP contribution in [0.4, 0.5) is 0 Å². The molecule has 2 heterocycles. The summed E-state index contributed by atoms with van der Waals surface area (Å²) in [4.78, 5) is 18.2. The average molecular weight is 313 g/mol. The third-order valence-electron chi connectivity index (χ3n) is 4.25. The number of carbonyl (C=O) groups is 1. The van der Waals surface area contributed by atoms with Gasteiger partial charge in [-0.15, -0.1) is 0 Å². The zero-order valence-electron chi connectivity index (χ0n) is 11.9. The van der Waals surface area contributed by atoms with Crippen molar-refractivity contribution in [2.75, 3.05) is 13.1 Å². The van der Waals surface area contributed by atoms with Gasteiger partial charge in [-0.2, -0.15) is 0 Å². The Morgan fingerprint density at radius 3 is 2.38 bits per heavy atom. The van der Waals surface area contributed by atoms with Crippen molar-refractivity contribution < 1.29 is 18.3 Å². The summed E-state index contributed by atoms with van der Waals surface area (Å²) in [5, 5.41) is 8.86. The van der Waals surface area contributed by atoms with Gasteiger partial charge >= 0.3 is 5.97 Å². The van der Waals surface area contributed by atoms with Crippen LogP contribution >= 0.6 is 0 Å². The lowest BCUT2D eigenvalue weighted by Crippen LogP contribution is -2.39. The summed E-state index contributed by atoms with van der Waals surface area (Å²) in [5.41, 5.74) is 0.601. The number of hydrogen-bond donors (Lipinski definition) is 2. The van der Waals surface area contributed by atoms with E-state index in [9.17, 15) is 13.2 Å². The summed E-state index contributed by atoms with van der Waals surface area (Å²) in [6.45, 7) is 2.67. The van der Waals surface area contributed by atoms with Crippen LogP contribution in [0.15, 0.2) is 0 Å². The molecule has 7 nitrogen and oxygen atoms in total. The summed E-state index contributed by atoms with van der Waals surface area (Å²) in [6, 6.07) is 0. The zero-order chi connectivity index (χ0) is 15.2. The van der Waals surface area contributed by atoms with Crippen LogP contribution in [0.1, 0.15) is 53.6 Å². The van der Waals surface area contributed by atoms with E-state index in [-0.39, 0.29) is 16.9 Å². The van der Waals surface area contributed by atoms with Crippen LogP contribution in [0.2, 0.25) is 0 Å². The third kappa shape index (κ3) is 2.69. The highest BCUT2D eigenvalue weighted by atomic mass is 32.2. The summed E-state index contributed by atoms with van der Waals surface area (Å²) in [7, 11) is -3.10. The molecule has 0 radical (unpaired) electrons. The molecule has 1 aliphatic carbocycles. The number of aromatic amines is 1. The topological polar surface area (TPSA) is 103 Å². The van der Waals surface area contributed by atoms with Gasteiger partial charge in [-0.1, -0.05) is 0 Å². The lowest BCUT2D eigenvalue weighted by Gasteiger charge is -2.30. The number of carboxylic acids is 1.